The van der Waals surface area contributed by atoms with Crippen molar-refractivity contribution in [1.29, 1.82) is 0 Å². The van der Waals surface area contributed by atoms with Crippen LogP contribution >= 0.6 is 27.5 Å². The molecule has 0 bridgehead atoms. The molecule has 2 rings (SSSR count). The minimum atomic E-state index is -0.563. The van der Waals surface area contributed by atoms with Crippen molar-refractivity contribution in [2.45, 2.75) is 6.61 Å². The zero-order valence-corrected chi connectivity index (χ0v) is 14.5. The van der Waals surface area contributed by atoms with Crippen LogP contribution in [0.4, 0.5) is 4.39 Å². The van der Waals surface area contributed by atoms with E-state index in [0.717, 1.165) is 5.56 Å². The van der Waals surface area contributed by atoms with Crippen molar-refractivity contribution < 1.29 is 18.7 Å². The fraction of sp³-hybridized carbons (Fsp3) is 0.118. The molecule has 0 saturated carbocycles. The largest absolute Gasteiger partial charge is 0.493 e. The fourth-order valence-corrected chi connectivity index (χ4v) is 2.56. The van der Waals surface area contributed by atoms with Gasteiger partial charge in [-0.05, 0) is 75.1 Å². The van der Waals surface area contributed by atoms with Crippen molar-refractivity contribution in [3.05, 3.63) is 63.9 Å². The van der Waals surface area contributed by atoms with Crippen LogP contribution in [-0.2, 0) is 11.4 Å². The van der Waals surface area contributed by atoms with Gasteiger partial charge in [0, 0.05) is 0 Å². The predicted molar refractivity (Wildman–Crippen MR) is 91.3 cm³/mol. The van der Waals surface area contributed by atoms with Crippen LogP contribution in [0, 0.1) is 5.82 Å². The first kappa shape index (κ1) is 17.5. The molecule has 0 aliphatic rings. The highest BCUT2D eigenvalue weighted by Gasteiger charge is 2.11. The van der Waals surface area contributed by atoms with E-state index < -0.39 is 5.24 Å². The quantitative estimate of drug-likeness (QED) is 0.509. The smallest absolute Gasteiger partial charge is 0.245 e. The number of benzene rings is 2. The van der Waals surface area contributed by atoms with Gasteiger partial charge in [-0.25, -0.2) is 4.39 Å². The summed E-state index contributed by atoms with van der Waals surface area (Å²) in [6, 6.07) is 9.65. The lowest BCUT2D eigenvalue weighted by molar-refractivity contribution is -0.107. The number of carbonyl (C=O) groups is 1. The van der Waals surface area contributed by atoms with Crippen LogP contribution in [0.5, 0.6) is 11.5 Å². The lowest BCUT2D eigenvalue weighted by Gasteiger charge is -2.13. The van der Waals surface area contributed by atoms with Gasteiger partial charge in [-0.15, -0.1) is 0 Å². The molecule has 0 saturated heterocycles. The van der Waals surface area contributed by atoms with Crippen molar-refractivity contribution in [1.82, 2.24) is 0 Å². The number of methoxy groups -OCH3 is 1. The van der Waals surface area contributed by atoms with Gasteiger partial charge in [-0.2, -0.15) is 0 Å². The molecule has 0 unspecified atom stereocenters. The third-order valence-electron chi connectivity index (χ3n) is 2.93. The molecule has 2 aromatic rings. The zero-order chi connectivity index (χ0) is 16.8. The normalized spacial score (nSPS) is 10.8. The number of hydrogen-bond donors (Lipinski definition) is 0. The first-order valence-electron chi connectivity index (χ1n) is 6.62. The second-order valence-electron chi connectivity index (χ2n) is 4.59. The van der Waals surface area contributed by atoms with Crippen LogP contribution < -0.4 is 9.47 Å². The fourth-order valence-electron chi connectivity index (χ4n) is 1.92. The Morgan fingerprint density at radius 2 is 2.13 bits per heavy atom. The SMILES string of the molecule is COc1cc(/C=C/C(=O)Cl)cc(Br)c1OCc1cccc(F)c1. The van der Waals surface area contributed by atoms with Gasteiger partial charge in [-0.3, -0.25) is 4.79 Å². The second-order valence-corrected chi connectivity index (χ2v) is 5.82. The molecule has 0 heterocycles. The van der Waals surface area contributed by atoms with E-state index in [1.54, 1.807) is 30.3 Å². The second kappa shape index (κ2) is 8.13. The molecule has 0 N–H and O–H groups in total. The Hall–Kier alpha value is -1.85. The summed E-state index contributed by atoms with van der Waals surface area (Å²) in [6.45, 7) is 0.196. The summed E-state index contributed by atoms with van der Waals surface area (Å²) < 4.78 is 24.9. The number of rotatable bonds is 6. The zero-order valence-electron chi connectivity index (χ0n) is 12.2. The molecule has 0 spiro atoms. The Morgan fingerprint density at radius 3 is 2.78 bits per heavy atom. The van der Waals surface area contributed by atoms with Crippen LogP contribution in [0.1, 0.15) is 11.1 Å². The van der Waals surface area contributed by atoms with Crippen molar-refractivity contribution >= 4 is 38.8 Å². The average molecular weight is 400 g/mol. The Balaban J connectivity index is 2.22. The van der Waals surface area contributed by atoms with Crippen LogP contribution in [0.15, 0.2) is 46.9 Å². The first-order chi connectivity index (χ1) is 11.0. The maximum absolute atomic E-state index is 13.2. The molecule has 0 amide bonds. The summed E-state index contributed by atoms with van der Waals surface area (Å²) in [4.78, 5) is 10.8. The van der Waals surface area contributed by atoms with E-state index in [1.807, 2.05) is 0 Å². The maximum atomic E-state index is 13.2. The Morgan fingerprint density at radius 1 is 1.35 bits per heavy atom. The van der Waals surface area contributed by atoms with Crippen LogP contribution in [-0.4, -0.2) is 12.4 Å². The Labute approximate surface area is 146 Å². The third-order valence-corrected chi connectivity index (χ3v) is 3.65. The van der Waals surface area contributed by atoms with E-state index in [9.17, 15) is 9.18 Å². The molecule has 3 nitrogen and oxygen atoms in total. The summed E-state index contributed by atoms with van der Waals surface area (Å²) in [7, 11) is 1.51. The number of hydrogen-bond acceptors (Lipinski definition) is 3. The maximum Gasteiger partial charge on any atom is 0.245 e. The minimum absolute atomic E-state index is 0.196. The summed E-state index contributed by atoms with van der Waals surface area (Å²) in [5, 5.41) is -0.563. The van der Waals surface area contributed by atoms with E-state index >= 15 is 0 Å². The molecule has 0 radical (unpaired) electrons. The monoisotopic (exact) mass is 398 g/mol. The average Bonchev–Trinajstić information content (AvgIpc) is 2.51. The van der Waals surface area contributed by atoms with Gasteiger partial charge in [0.15, 0.2) is 11.5 Å². The lowest BCUT2D eigenvalue weighted by Crippen LogP contribution is -1.99. The molecule has 0 aliphatic heterocycles. The van der Waals surface area contributed by atoms with E-state index in [1.165, 1.54) is 25.3 Å². The number of ether oxygens (including phenoxy) is 2. The number of allylic oxidation sites excluding steroid dienone is 1. The van der Waals surface area contributed by atoms with Crippen molar-refractivity contribution in [2.24, 2.45) is 0 Å². The molecule has 120 valence electrons. The molecule has 0 aromatic heterocycles. The van der Waals surface area contributed by atoms with Crippen molar-refractivity contribution in [3.63, 3.8) is 0 Å². The van der Waals surface area contributed by atoms with Gasteiger partial charge in [-0.1, -0.05) is 12.1 Å². The highest BCUT2D eigenvalue weighted by atomic mass is 79.9. The van der Waals surface area contributed by atoms with Gasteiger partial charge in [0.1, 0.15) is 12.4 Å². The Bertz CT molecular complexity index is 747. The van der Waals surface area contributed by atoms with Gasteiger partial charge in [0.05, 0.1) is 11.6 Å². The van der Waals surface area contributed by atoms with E-state index in [2.05, 4.69) is 15.9 Å². The minimum Gasteiger partial charge on any atom is -0.493 e. The Kier molecular flexibility index (Phi) is 6.19. The summed E-state index contributed by atoms with van der Waals surface area (Å²) in [5.41, 5.74) is 1.43. The van der Waals surface area contributed by atoms with E-state index in [-0.39, 0.29) is 12.4 Å². The van der Waals surface area contributed by atoms with Crippen molar-refractivity contribution in [3.8, 4) is 11.5 Å². The van der Waals surface area contributed by atoms with Crippen LogP contribution in [0.3, 0.4) is 0 Å². The highest BCUT2D eigenvalue weighted by molar-refractivity contribution is 9.10. The summed E-state index contributed by atoms with van der Waals surface area (Å²) in [5.74, 6) is 0.659. The topological polar surface area (TPSA) is 35.5 Å². The van der Waals surface area contributed by atoms with Crippen LogP contribution in [0.25, 0.3) is 6.08 Å². The van der Waals surface area contributed by atoms with Gasteiger partial charge in [0.2, 0.25) is 5.24 Å². The van der Waals surface area contributed by atoms with Gasteiger partial charge >= 0.3 is 0 Å². The predicted octanol–water partition coefficient (Wildman–Crippen LogP) is 4.95. The molecular weight excluding hydrogens is 387 g/mol. The number of halogens is 3. The van der Waals surface area contributed by atoms with Crippen LogP contribution in [0.2, 0.25) is 0 Å². The molecular formula is C17H13BrClFO3. The number of carbonyl (C=O) groups excluding carboxylic acids is 1. The summed E-state index contributed by atoms with van der Waals surface area (Å²) in [6.07, 6.45) is 2.81. The van der Waals surface area contributed by atoms with Gasteiger partial charge < -0.3 is 9.47 Å². The summed E-state index contributed by atoms with van der Waals surface area (Å²) >= 11 is 8.68. The van der Waals surface area contributed by atoms with Crippen molar-refractivity contribution in [2.75, 3.05) is 7.11 Å². The molecule has 0 aliphatic carbocycles. The third kappa shape index (κ3) is 5.08. The van der Waals surface area contributed by atoms with E-state index in [0.29, 0.717) is 21.5 Å². The van der Waals surface area contributed by atoms with E-state index in [4.69, 9.17) is 21.1 Å². The molecule has 0 atom stereocenters. The molecule has 2 aromatic carbocycles. The molecule has 6 heteroatoms. The molecule has 23 heavy (non-hydrogen) atoms. The molecule has 0 fully saturated rings. The highest BCUT2D eigenvalue weighted by Crippen LogP contribution is 2.37. The van der Waals surface area contributed by atoms with Gasteiger partial charge in [0.25, 0.3) is 0 Å². The lowest BCUT2D eigenvalue weighted by atomic mass is 10.2. The standard InChI is InChI=1S/C17H13BrClFO3/c1-22-15-9-11(5-6-16(19)21)8-14(18)17(15)23-10-12-3-2-4-13(20)7-12/h2-9H,10H2,1H3/b6-5+. The first-order valence-corrected chi connectivity index (χ1v) is 7.79.